The van der Waals surface area contributed by atoms with E-state index >= 15 is 0 Å². The summed E-state index contributed by atoms with van der Waals surface area (Å²) in [6.45, 7) is 1.75. The van der Waals surface area contributed by atoms with Crippen LogP contribution < -0.4 is 5.73 Å². The van der Waals surface area contributed by atoms with Gasteiger partial charge in [0.1, 0.15) is 0 Å². The first-order valence-electron chi connectivity index (χ1n) is 7.31. The van der Waals surface area contributed by atoms with Gasteiger partial charge in [0, 0.05) is 12.4 Å². The molecule has 1 heterocycles. The number of hydrogen-bond donors (Lipinski definition) is 1. The molecule has 0 aliphatic carbocycles. The molecular formula is C19H18N2O3. The third kappa shape index (κ3) is 3.95. The Bertz CT molecular complexity index is 794. The molecule has 0 saturated heterocycles. The summed E-state index contributed by atoms with van der Waals surface area (Å²) >= 11 is 0. The van der Waals surface area contributed by atoms with E-state index in [1.54, 1.807) is 37.5 Å². The molecule has 2 rings (SSSR count). The van der Waals surface area contributed by atoms with Crippen molar-refractivity contribution in [3.63, 3.8) is 0 Å². The molecule has 24 heavy (non-hydrogen) atoms. The molecule has 0 atom stereocenters. The minimum absolute atomic E-state index is 0.0920. The number of esters is 1. The number of ether oxygens (including phenoxy) is 1. The van der Waals surface area contributed by atoms with Gasteiger partial charge in [-0.05, 0) is 41.8 Å². The molecule has 5 nitrogen and oxygen atoms in total. The van der Waals surface area contributed by atoms with Crippen molar-refractivity contribution < 1.29 is 14.3 Å². The molecule has 0 aliphatic heterocycles. The number of nitrogens with two attached hydrogens (primary N) is 1. The second-order valence-corrected chi connectivity index (χ2v) is 5.06. The average Bonchev–Trinajstić information content (AvgIpc) is 2.62. The van der Waals surface area contributed by atoms with Crippen LogP contribution in [0.5, 0.6) is 0 Å². The van der Waals surface area contributed by atoms with Gasteiger partial charge in [-0.3, -0.25) is 9.78 Å². The molecule has 0 fully saturated rings. The number of nitrogens with zero attached hydrogens (tertiary/aromatic N) is 1. The maximum absolute atomic E-state index is 12.3. The zero-order chi connectivity index (χ0) is 17.5. The quantitative estimate of drug-likeness (QED) is 0.521. The number of methoxy groups -OCH3 is 1. The van der Waals surface area contributed by atoms with Gasteiger partial charge >= 0.3 is 5.97 Å². The first-order valence-corrected chi connectivity index (χ1v) is 7.31. The number of hydrogen-bond acceptors (Lipinski definition) is 4. The SMILES string of the molecule is COC(=O)C(=C(/C)c1ccccc1)/C(=C\c1ccncc1)C(N)=O. The Kier molecular flexibility index (Phi) is 5.63. The summed E-state index contributed by atoms with van der Waals surface area (Å²) < 4.78 is 4.87. The smallest absolute Gasteiger partial charge is 0.338 e. The van der Waals surface area contributed by atoms with Gasteiger partial charge in [-0.2, -0.15) is 0 Å². The minimum atomic E-state index is -0.706. The fourth-order valence-electron chi connectivity index (χ4n) is 2.29. The first kappa shape index (κ1) is 17.1. The highest BCUT2D eigenvalue weighted by Crippen LogP contribution is 2.26. The number of primary amides is 1. The molecule has 1 aromatic heterocycles. The van der Waals surface area contributed by atoms with Gasteiger partial charge in [-0.15, -0.1) is 0 Å². The predicted molar refractivity (Wildman–Crippen MR) is 92.5 cm³/mol. The van der Waals surface area contributed by atoms with E-state index in [4.69, 9.17) is 10.5 Å². The Balaban J connectivity index is 2.67. The molecule has 122 valence electrons. The highest BCUT2D eigenvalue weighted by atomic mass is 16.5. The van der Waals surface area contributed by atoms with E-state index in [0.29, 0.717) is 11.1 Å². The Labute approximate surface area is 140 Å². The summed E-state index contributed by atoms with van der Waals surface area (Å²) in [7, 11) is 1.27. The van der Waals surface area contributed by atoms with Crippen LogP contribution >= 0.6 is 0 Å². The van der Waals surface area contributed by atoms with Gasteiger partial charge in [0.05, 0.1) is 18.3 Å². The summed E-state index contributed by atoms with van der Waals surface area (Å²) in [6, 6.07) is 12.7. The van der Waals surface area contributed by atoms with Crippen LogP contribution in [0.25, 0.3) is 11.6 Å². The topological polar surface area (TPSA) is 82.3 Å². The van der Waals surface area contributed by atoms with Gasteiger partial charge in [-0.25, -0.2) is 4.79 Å². The third-order valence-corrected chi connectivity index (χ3v) is 3.52. The standard InChI is InChI=1S/C19H18N2O3/c1-13(15-6-4-3-5-7-15)17(19(23)24-2)16(18(20)22)12-14-8-10-21-11-9-14/h3-12H,1-2H3,(H2,20,22)/b16-12+,17-13-. The van der Waals surface area contributed by atoms with Gasteiger partial charge in [0.25, 0.3) is 0 Å². The molecule has 0 spiro atoms. The van der Waals surface area contributed by atoms with Crippen molar-refractivity contribution in [2.75, 3.05) is 7.11 Å². The number of rotatable bonds is 5. The molecule has 0 saturated carbocycles. The first-order chi connectivity index (χ1) is 11.5. The summed E-state index contributed by atoms with van der Waals surface area (Å²) in [5, 5.41) is 0. The molecule has 0 radical (unpaired) electrons. The highest BCUT2D eigenvalue weighted by Gasteiger charge is 2.23. The van der Waals surface area contributed by atoms with Crippen LogP contribution in [0.2, 0.25) is 0 Å². The minimum Gasteiger partial charge on any atom is -0.465 e. The fourth-order valence-corrected chi connectivity index (χ4v) is 2.29. The Hall–Kier alpha value is -3.21. The number of benzene rings is 1. The second-order valence-electron chi connectivity index (χ2n) is 5.06. The van der Waals surface area contributed by atoms with Crippen LogP contribution in [0.3, 0.4) is 0 Å². The predicted octanol–water partition coefficient (Wildman–Crippen LogP) is 2.60. The molecule has 1 aromatic carbocycles. The molecule has 1 amide bonds. The van der Waals surface area contributed by atoms with Gasteiger partial charge in [-0.1, -0.05) is 30.3 Å². The molecule has 0 aliphatic rings. The number of pyridine rings is 1. The largest absolute Gasteiger partial charge is 0.465 e. The lowest BCUT2D eigenvalue weighted by atomic mass is 9.94. The summed E-state index contributed by atoms with van der Waals surface area (Å²) in [4.78, 5) is 28.2. The van der Waals surface area contributed by atoms with Crippen molar-refractivity contribution in [1.29, 1.82) is 0 Å². The van der Waals surface area contributed by atoms with E-state index in [2.05, 4.69) is 4.98 Å². The molecular weight excluding hydrogens is 304 g/mol. The van der Waals surface area contributed by atoms with Crippen LogP contribution in [0, 0.1) is 0 Å². The highest BCUT2D eigenvalue weighted by molar-refractivity contribution is 6.15. The second kappa shape index (κ2) is 7.87. The molecule has 0 bridgehead atoms. The lowest BCUT2D eigenvalue weighted by molar-refractivity contribution is -0.136. The van der Waals surface area contributed by atoms with Crippen molar-refractivity contribution in [1.82, 2.24) is 4.98 Å². The van der Waals surface area contributed by atoms with Crippen LogP contribution in [0.1, 0.15) is 18.1 Å². The number of amides is 1. The molecule has 2 aromatic rings. The van der Waals surface area contributed by atoms with Crippen molar-refractivity contribution in [2.45, 2.75) is 6.92 Å². The van der Waals surface area contributed by atoms with E-state index in [1.807, 2.05) is 30.3 Å². The Morgan fingerprint density at radius 2 is 1.71 bits per heavy atom. The summed E-state index contributed by atoms with van der Waals surface area (Å²) in [5.74, 6) is -1.32. The van der Waals surface area contributed by atoms with Gasteiger partial charge in [0.15, 0.2) is 0 Å². The summed E-state index contributed by atoms with van der Waals surface area (Å²) in [5.41, 5.74) is 7.89. The average molecular weight is 322 g/mol. The van der Waals surface area contributed by atoms with Crippen molar-refractivity contribution >= 4 is 23.5 Å². The van der Waals surface area contributed by atoms with Gasteiger partial charge in [0.2, 0.25) is 5.91 Å². The van der Waals surface area contributed by atoms with Gasteiger partial charge < -0.3 is 10.5 Å². The number of allylic oxidation sites excluding steroid dienone is 1. The maximum atomic E-state index is 12.3. The van der Waals surface area contributed by atoms with E-state index < -0.39 is 11.9 Å². The van der Waals surface area contributed by atoms with Crippen molar-refractivity contribution in [2.24, 2.45) is 5.73 Å². The van der Waals surface area contributed by atoms with Crippen LogP contribution in [-0.4, -0.2) is 24.0 Å². The van der Waals surface area contributed by atoms with Crippen LogP contribution in [-0.2, 0) is 14.3 Å². The lowest BCUT2D eigenvalue weighted by Crippen LogP contribution is -2.21. The van der Waals surface area contributed by atoms with Crippen molar-refractivity contribution in [3.8, 4) is 0 Å². The Morgan fingerprint density at radius 1 is 1.08 bits per heavy atom. The maximum Gasteiger partial charge on any atom is 0.338 e. The number of aromatic nitrogens is 1. The monoisotopic (exact) mass is 322 g/mol. The zero-order valence-electron chi connectivity index (χ0n) is 13.5. The van der Waals surface area contributed by atoms with Crippen LogP contribution in [0.15, 0.2) is 66.0 Å². The fraction of sp³-hybridized carbons (Fsp3) is 0.105. The summed E-state index contributed by atoms with van der Waals surface area (Å²) in [6.07, 6.45) is 4.74. The molecule has 2 N–H and O–H groups in total. The van der Waals surface area contributed by atoms with E-state index in [9.17, 15) is 9.59 Å². The van der Waals surface area contributed by atoms with E-state index in [1.165, 1.54) is 7.11 Å². The zero-order valence-corrected chi connectivity index (χ0v) is 13.5. The molecule has 5 heteroatoms. The Morgan fingerprint density at radius 3 is 2.25 bits per heavy atom. The number of carbonyl (C=O) groups is 2. The van der Waals surface area contributed by atoms with Crippen molar-refractivity contribution in [3.05, 3.63) is 77.1 Å². The van der Waals surface area contributed by atoms with E-state index in [-0.39, 0.29) is 11.1 Å². The normalized spacial score (nSPS) is 12.3. The number of carbonyl (C=O) groups excluding carboxylic acids is 2. The third-order valence-electron chi connectivity index (χ3n) is 3.52. The molecule has 0 unspecified atom stereocenters. The van der Waals surface area contributed by atoms with E-state index in [0.717, 1.165) is 5.56 Å². The van der Waals surface area contributed by atoms with Crippen LogP contribution in [0.4, 0.5) is 0 Å². The lowest BCUT2D eigenvalue weighted by Gasteiger charge is -2.12.